The van der Waals surface area contributed by atoms with E-state index in [1.807, 2.05) is 26.0 Å². The number of aryl methyl sites for hydroxylation is 1. The van der Waals surface area contributed by atoms with E-state index in [2.05, 4.69) is 36.1 Å². The molecule has 1 aliphatic carbocycles. The molecule has 10 heteroatoms. The van der Waals surface area contributed by atoms with Crippen LogP contribution in [0.25, 0.3) is 6.08 Å². The van der Waals surface area contributed by atoms with Crippen LogP contribution >= 0.6 is 0 Å². The first kappa shape index (κ1) is 27.0. The van der Waals surface area contributed by atoms with Crippen LogP contribution in [0.2, 0.25) is 0 Å². The number of esters is 1. The Hall–Kier alpha value is -3.61. The highest BCUT2D eigenvalue weighted by molar-refractivity contribution is 6.08. The van der Waals surface area contributed by atoms with Crippen LogP contribution < -0.4 is 10.7 Å². The first-order valence-corrected chi connectivity index (χ1v) is 12.4. The molecule has 1 saturated heterocycles. The van der Waals surface area contributed by atoms with E-state index >= 15 is 0 Å². The lowest BCUT2D eigenvalue weighted by molar-refractivity contribution is -0.147. The Balaban J connectivity index is 1.60. The van der Waals surface area contributed by atoms with Crippen molar-refractivity contribution in [1.82, 2.24) is 20.3 Å². The van der Waals surface area contributed by atoms with E-state index in [1.165, 1.54) is 6.08 Å². The predicted molar refractivity (Wildman–Crippen MR) is 132 cm³/mol. The van der Waals surface area contributed by atoms with E-state index in [1.54, 1.807) is 0 Å². The van der Waals surface area contributed by atoms with Gasteiger partial charge in [0.15, 0.2) is 6.61 Å². The summed E-state index contributed by atoms with van der Waals surface area (Å²) < 4.78 is 7.13. The number of nitrogens with zero attached hydrogens (tertiary/aromatic N) is 3. The molecule has 0 aromatic carbocycles. The smallest absolute Gasteiger partial charge is 0.349 e. The third kappa shape index (κ3) is 5.78. The van der Waals surface area contributed by atoms with Crippen molar-refractivity contribution in [3.05, 3.63) is 28.6 Å². The molecule has 2 aliphatic rings. The van der Waals surface area contributed by atoms with Gasteiger partial charge in [0.25, 0.3) is 11.8 Å². The number of aromatic nitrogens is 1. The predicted octanol–water partition coefficient (Wildman–Crippen LogP) is 3.13. The van der Waals surface area contributed by atoms with Gasteiger partial charge in [-0.25, -0.2) is 9.59 Å². The first-order valence-electron chi connectivity index (χ1n) is 12.4. The number of urea groups is 1. The summed E-state index contributed by atoms with van der Waals surface area (Å²) in [7, 11) is 0. The number of rotatable bonds is 8. The van der Waals surface area contributed by atoms with Gasteiger partial charge >= 0.3 is 12.0 Å². The molecule has 10 nitrogen and oxygen atoms in total. The lowest BCUT2D eigenvalue weighted by Crippen LogP contribution is -2.52. The first-order chi connectivity index (χ1) is 17.0. The van der Waals surface area contributed by atoms with Crippen LogP contribution in [0.3, 0.4) is 0 Å². The zero-order chi connectivity index (χ0) is 26.6. The maximum Gasteiger partial charge on any atom is 0.349 e. The van der Waals surface area contributed by atoms with Crippen LogP contribution in [0.5, 0.6) is 0 Å². The fourth-order valence-electron chi connectivity index (χ4n) is 4.68. The fourth-order valence-corrected chi connectivity index (χ4v) is 4.68. The standard InChI is InChI=1S/C26H35N5O5/c1-16(2)8-11-30-18(4)12-20(19(30)5)13-21(14-27)23(33)36-15-22(32)29-31-24(34)26(28-25(31)35)9-6-17(3)7-10-26/h12-13,16-17H,6-11,15H2,1-5H3,(H,28,35)(H,29,32)/b21-13+. The van der Waals surface area contributed by atoms with Crippen molar-refractivity contribution in [2.75, 3.05) is 6.61 Å². The molecule has 0 radical (unpaired) electrons. The largest absolute Gasteiger partial charge is 0.451 e. The Kier molecular flexibility index (Phi) is 8.23. The van der Waals surface area contributed by atoms with Crippen molar-refractivity contribution < 1.29 is 23.9 Å². The Morgan fingerprint density at radius 1 is 1.31 bits per heavy atom. The van der Waals surface area contributed by atoms with Crippen molar-refractivity contribution in [2.24, 2.45) is 11.8 Å². The van der Waals surface area contributed by atoms with Crippen LogP contribution in [0.1, 0.15) is 69.8 Å². The van der Waals surface area contributed by atoms with Gasteiger partial charge in [-0.05, 0) is 75.5 Å². The molecule has 2 fully saturated rings. The molecule has 0 atom stereocenters. The van der Waals surface area contributed by atoms with Crippen LogP contribution in [-0.2, 0) is 25.7 Å². The normalized spacial score (nSPS) is 22.1. The second-order valence-corrected chi connectivity index (χ2v) is 10.3. The van der Waals surface area contributed by atoms with Crippen molar-refractivity contribution in [3.8, 4) is 6.07 Å². The van der Waals surface area contributed by atoms with E-state index in [9.17, 15) is 24.4 Å². The molecule has 194 valence electrons. The van der Waals surface area contributed by atoms with Crippen molar-refractivity contribution in [3.63, 3.8) is 0 Å². The molecule has 4 amide bonds. The molecule has 2 heterocycles. The third-order valence-electron chi connectivity index (χ3n) is 7.04. The van der Waals surface area contributed by atoms with Gasteiger partial charge in [0.05, 0.1) is 0 Å². The third-order valence-corrected chi connectivity index (χ3v) is 7.04. The monoisotopic (exact) mass is 497 g/mol. The quantitative estimate of drug-likeness (QED) is 0.245. The number of hydrogen-bond acceptors (Lipinski definition) is 6. The number of nitriles is 1. The van der Waals surface area contributed by atoms with Gasteiger partial charge < -0.3 is 14.6 Å². The maximum absolute atomic E-state index is 12.8. The Bertz CT molecular complexity index is 1120. The van der Waals surface area contributed by atoms with Crippen LogP contribution in [0.4, 0.5) is 4.79 Å². The van der Waals surface area contributed by atoms with Crippen LogP contribution in [0.15, 0.2) is 11.6 Å². The molecule has 3 rings (SSSR count). The summed E-state index contributed by atoms with van der Waals surface area (Å²) >= 11 is 0. The Morgan fingerprint density at radius 2 is 1.97 bits per heavy atom. The SMILES string of the molecule is Cc1cc(/C=C(\C#N)C(=O)OCC(=O)NN2C(=O)NC3(CCC(C)CC3)C2=O)c(C)n1CCC(C)C. The summed E-state index contributed by atoms with van der Waals surface area (Å²) in [6.45, 7) is 10.4. The molecule has 1 aromatic rings. The number of ether oxygens (including phenoxy) is 1. The summed E-state index contributed by atoms with van der Waals surface area (Å²) in [5, 5.41) is 12.8. The van der Waals surface area contributed by atoms with Gasteiger partial charge in [-0.3, -0.25) is 15.0 Å². The number of hydrazine groups is 1. The number of carbonyl (C=O) groups excluding carboxylic acids is 4. The Labute approximate surface area is 211 Å². The van der Waals surface area contributed by atoms with E-state index in [-0.39, 0.29) is 5.57 Å². The minimum absolute atomic E-state index is 0.253. The summed E-state index contributed by atoms with van der Waals surface area (Å²) in [6.07, 6.45) is 5.06. The number of nitrogens with one attached hydrogen (secondary N) is 2. The van der Waals surface area contributed by atoms with Crippen LogP contribution in [-0.4, -0.2) is 45.5 Å². The van der Waals surface area contributed by atoms with E-state index in [4.69, 9.17) is 4.74 Å². The molecular weight excluding hydrogens is 462 g/mol. The average molecular weight is 498 g/mol. The average Bonchev–Trinajstić information content (AvgIpc) is 3.22. The van der Waals surface area contributed by atoms with Crippen molar-refractivity contribution in [2.45, 2.75) is 78.8 Å². The summed E-state index contributed by atoms with van der Waals surface area (Å²) in [6, 6.07) is 3.01. The molecule has 2 N–H and O–H groups in total. The molecule has 1 aliphatic heterocycles. The molecular formula is C26H35N5O5. The lowest BCUT2D eigenvalue weighted by Gasteiger charge is -2.33. The molecule has 1 aromatic heterocycles. The second kappa shape index (κ2) is 11.0. The van der Waals surface area contributed by atoms with Gasteiger partial charge in [0.2, 0.25) is 0 Å². The highest BCUT2D eigenvalue weighted by Crippen LogP contribution is 2.35. The van der Waals surface area contributed by atoms with Gasteiger partial charge in [0, 0.05) is 17.9 Å². The highest BCUT2D eigenvalue weighted by Gasteiger charge is 2.52. The molecule has 36 heavy (non-hydrogen) atoms. The van der Waals surface area contributed by atoms with Crippen LogP contribution in [0, 0.1) is 37.0 Å². The number of imide groups is 1. The van der Waals surface area contributed by atoms with E-state index in [0.29, 0.717) is 29.7 Å². The van der Waals surface area contributed by atoms with E-state index < -0.39 is 36.0 Å². The molecule has 0 unspecified atom stereocenters. The number of hydrogen-bond donors (Lipinski definition) is 2. The summed E-state index contributed by atoms with van der Waals surface area (Å²) in [4.78, 5) is 50.0. The topological polar surface area (TPSA) is 134 Å². The minimum Gasteiger partial charge on any atom is -0.451 e. The molecule has 1 spiro atoms. The van der Waals surface area contributed by atoms with Gasteiger partial charge in [0.1, 0.15) is 17.2 Å². The molecule has 1 saturated carbocycles. The fraction of sp³-hybridized carbons (Fsp3) is 0.577. The number of amides is 4. The highest BCUT2D eigenvalue weighted by atomic mass is 16.5. The van der Waals surface area contributed by atoms with E-state index in [0.717, 1.165) is 42.8 Å². The zero-order valence-corrected chi connectivity index (χ0v) is 21.6. The lowest BCUT2D eigenvalue weighted by atomic mass is 9.77. The Morgan fingerprint density at radius 3 is 2.58 bits per heavy atom. The summed E-state index contributed by atoms with van der Waals surface area (Å²) in [5.41, 5.74) is 3.64. The van der Waals surface area contributed by atoms with Gasteiger partial charge in [-0.15, -0.1) is 0 Å². The zero-order valence-electron chi connectivity index (χ0n) is 21.6. The van der Waals surface area contributed by atoms with Crippen molar-refractivity contribution >= 4 is 29.9 Å². The number of carbonyl (C=O) groups is 4. The van der Waals surface area contributed by atoms with Crippen molar-refractivity contribution in [1.29, 1.82) is 5.26 Å². The summed E-state index contributed by atoms with van der Waals surface area (Å²) in [5.74, 6) is -1.31. The molecule has 0 bridgehead atoms. The minimum atomic E-state index is -0.994. The maximum atomic E-state index is 12.8. The second-order valence-electron chi connectivity index (χ2n) is 10.3. The van der Waals surface area contributed by atoms with Gasteiger partial charge in [-0.1, -0.05) is 20.8 Å². The van der Waals surface area contributed by atoms with Gasteiger partial charge in [-0.2, -0.15) is 10.3 Å².